The molecule has 1 heterocycles. The summed E-state index contributed by atoms with van der Waals surface area (Å²) in [6.07, 6.45) is 0.815. The summed E-state index contributed by atoms with van der Waals surface area (Å²) in [7, 11) is 4.90. The van der Waals surface area contributed by atoms with Gasteiger partial charge in [-0.05, 0) is 0 Å². The second-order valence-corrected chi connectivity index (χ2v) is 3.16. The van der Waals surface area contributed by atoms with E-state index in [2.05, 4.69) is 5.10 Å². The number of carbonyl (C=O) groups is 2. The molecule has 5 heteroatoms. The molecule has 1 aliphatic rings. The Balaban J connectivity index is 2.78. The standard InChI is InChI=1S/C8H13N3O2/c1-10(2)8(13)6-4-5-7(12)11(3)9-6/h4-5H2,1-3H3. The topological polar surface area (TPSA) is 53.0 Å². The van der Waals surface area contributed by atoms with Crippen LogP contribution in [-0.4, -0.2) is 48.6 Å². The predicted octanol–water partition coefficient (Wildman–Crippen LogP) is -0.317. The van der Waals surface area contributed by atoms with Crippen LogP contribution in [0.3, 0.4) is 0 Å². The minimum absolute atomic E-state index is 0.0460. The van der Waals surface area contributed by atoms with Crippen LogP contribution in [-0.2, 0) is 9.59 Å². The van der Waals surface area contributed by atoms with Crippen molar-refractivity contribution in [3.8, 4) is 0 Å². The van der Waals surface area contributed by atoms with Gasteiger partial charge in [0.05, 0.1) is 0 Å². The number of hydrogen-bond donors (Lipinski definition) is 0. The Kier molecular flexibility index (Phi) is 2.65. The van der Waals surface area contributed by atoms with Crippen molar-refractivity contribution < 1.29 is 9.59 Å². The summed E-state index contributed by atoms with van der Waals surface area (Å²) >= 11 is 0. The highest BCUT2D eigenvalue weighted by atomic mass is 16.2. The molecule has 0 aromatic heterocycles. The Morgan fingerprint density at radius 2 is 2.08 bits per heavy atom. The minimum atomic E-state index is -0.126. The summed E-state index contributed by atoms with van der Waals surface area (Å²) in [5.74, 6) is -0.172. The van der Waals surface area contributed by atoms with Gasteiger partial charge in [0.2, 0.25) is 5.91 Å². The van der Waals surface area contributed by atoms with Crippen molar-refractivity contribution in [1.82, 2.24) is 9.91 Å². The van der Waals surface area contributed by atoms with Crippen molar-refractivity contribution in [2.24, 2.45) is 5.10 Å². The van der Waals surface area contributed by atoms with Crippen LogP contribution < -0.4 is 0 Å². The first-order chi connectivity index (χ1) is 6.02. The number of carbonyl (C=O) groups excluding carboxylic acids is 2. The Morgan fingerprint density at radius 1 is 1.46 bits per heavy atom. The van der Waals surface area contributed by atoms with E-state index in [-0.39, 0.29) is 11.8 Å². The summed E-state index contributed by atoms with van der Waals surface area (Å²) in [5.41, 5.74) is 0.451. The largest absolute Gasteiger partial charge is 0.344 e. The van der Waals surface area contributed by atoms with Gasteiger partial charge in [0.15, 0.2) is 0 Å². The Hall–Kier alpha value is -1.39. The first-order valence-corrected chi connectivity index (χ1v) is 4.08. The van der Waals surface area contributed by atoms with Crippen molar-refractivity contribution in [3.63, 3.8) is 0 Å². The Bertz CT molecular complexity index is 271. The van der Waals surface area contributed by atoms with Crippen molar-refractivity contribution in [3.05, 3.63) is 0 Å². The van der Waals surface area contributed by atoms with Crippen molar-refractivity contribution >= 4 is 17.5 Å². The highest BCUT2D eigenvalue weighted by molar-refractivity contribution is 6.39. The lowest BCUT2D eigenvalue weighted by Crippen LogP contribution is -2.36. The summed E-state index contributed by atoms with van der Waals surface area (Å²) < 4.78 is 0. The monoisotopic (exact) mass is 183 g/mol. The minimum Gasteiger partial charge on any atom is -0.344 e. The average molecular weight is 183 g/mol. The maximum absolute atomic E-state index is 11.4. The fourth-order valence-electron chi connectivity index (χ4n) is 1.08. The highest BCUT2D eigenvalue weighted by Crippen LogP contribution is 2.07. The van der Waals surface area contributed by atoms with E-state index in [1.807, 2.05) is 0 Å². The van der Waals surface area contributed by atoms with E-state index >= 15 is 0 Å². The van der Waals surface area contributed by atoms with Gasteiger partial charge in [-0.2, -0.15) is 5.10 Å². The van der Waals surface area contributed by atoms with E-state index in [4.69, 9.17) is 0 Å². The van der Waals surface area contributed by atoms with Gasteiger partial charge in [0.25, 0.3) is 5.91 Å². The molecule has 0 bridgehead atoms. The lowest BCUT2D eigenvalue weighted by Gasteiger charge is -2.20. The number of nitrogens with zero attached hydrogens (tertiary/aromatic N) is 3. The third-order valence-corrected chi connectivity index (χ3v) is 1.86. The van der Waals surface area contributed by atoms with Gasteiger partial charge in [-0.3, -0.25) is 9.59 Å². The van der Waals surface area contributed by atoms with E-state index in [1.165, 1.54) is 9.91 Å². The number of amides is 2. The van der Waals surface area contributed by atoms with Gasteiger partial charge < -0.3 is 4.90 Å². The normalized spacial score (nSPS) is 17.0. The molecule has 0 atom stereocenters. The van der Waals surface area contributed by atoms with Crippen LogP contribution in [0.5, 0.6) is 0 Å². The lowest BCUT2D eigenvalue weighted by molar-refractivity contribution is -0.130. The molecule has 5 nitrogen and oxygen atoms in total. The third kappa shape index (κ3) is 2.05. The molecule has 0 spiro atoms. The van der Waals surface area contributed by atoms with Gasteiger partial charge in [-0.15, -0.1) is 0 Å². The summed E-state index contributed by atoms with van der Waals surface area (Å²) in [5, 5.41) is 5.12. The van der Waals surface area contributed by atoms with Crippen molar-refractivity contribution in [2.45, 2.75) is 12.8 Å². The number of hydrogen-bond acceptors (Lipinski definition) is 3. The fraction of sp³-hybridized carbons (Fsp3) is 0.625. The first kappa shape index (κ1) is 9.70. The highest BCUT2D eigenvalue weighted by Gasteiger charge is 2.22. The Labute approximate surface area is 77.0 Å². The molecule has 0 saturated carbocycles. The molecule has 0 aliphatic carbocycles. The third-order valence-electron chi connectivity index (χ3n) is 1.86. The molecule has 1 aliphatic heterocycles. The van der Waals surface area contributed by atoms with E-state index < -0.39 is 0 Å². The average Bonchev–Trinajstić information content (AvgIpc) is 2.08. The van der Waals surface area contributed by atoms with Crippen LogP contribution in [0.25, 0.3) is 0 Å². The fourth-order valence-corrected chi connectivity index (χ4v) is 1.08. The maximum atomic E-state index is 11.4. The summed E-state index contributed by atoms with van der Waals surface area (Å²) in [6.45, 7) is 0. The Morgan fingerprint density at radius 3 is 2.54 bits per heavy atom. The van der Waals surface area contributed by atoms with Crippen LogP contribution in [0.2, 0.25) is 0 Å². The van der Waals surface area contributed by atoms with Gasteiger partial charge in [0, 0.05) is 34.0 Å². The van der Waals surface area contributed by atoms with Crippen LogP contribution in [0.1, 0.15) is 12.8 Å². The number of rotatable bonds is 1. The molecule has 0 saturated heterocycles. The van der Waals surface area contributed by atoms with Crippen LogP contribution in [0.4, 0.5) is 0 Å². The molecular formula is C8H13N3O2. The van der Waals surface area contributed by atoms with Gasteiger partial charge in [-0.1, -0.05) is 0 Å². The van der Waals surface area contributed by atoms with Gasteiger partial charge in [-0.25, -0.2) is 5.01 Å². The van der Waals surface area contributed by atoms with Crippen molar-refractivity contribution in [1.29, 1.82) is 0 Å². The number of hydrazone groups is 1. The van der Waals surface area contributed by atoms with E-state index in [9.17, 15) is 9.59 Å². The lowest BCUT2D eigenvalue weighted by atomic mass is 10.1. The molecular weight excluding hydrogens is 170 g/mol. The van der Waals surface area contributed by atoms with Gasteiger partial charge in [0.1, 0.15) is 5.71 Å². The molecule has 0 N–H and O–H groups in total. The van der Waals surface area contributed by atoms with E-state index in [0.717, 1.165) is 0 Å². The zero-order valence-electron chi connectivity index (χ0n) is 8.07. The molecule has 0 aromatic carbocycles. The molecule has 13 heavy (non-hydrogen) atoms. The van der Waals surface area contributed by atoms with Gasteiger partial charge >= 0.3 is 0 Å². The quantitative estimate of drug-likeness (QED) is 0.559. The second kappa shape index (κ2) is 3.55. The zero-order valence-corrected chi connectivity index (χ0v) is 8.07. The predicted molar refractivity (Wildman–Crippen MR) is 48.1 cm³/mol. The van der Waals surface area contributed by atoms with Crippen LogP contribution in [0, 0.1) is 0 Å². The zero-order chi connectivity index (χ0) is 10.0. The molecule has 72 valence electrons. The summed E-state index contributed by atoms with van der Waals surface area (Å²) in [6, 6.07) is 0. The second-order valence-electron chi connectivity index (χ2n) is 3.16. The van der Waals surface area contributed by atoms with Crippen LogP contribution >= 0.6 is 0 Å². The van der Waals surface area contributed by atoms with E-state index in [0.29, 0.717) is 18.6 Å². The molecule has 1 rings (SSSR count). The molecule has 0 radical (unpaired) electrons. The molecule has 0 unspecified atom stereocenters. The first-order valence-electron chi connectivity index (χ1n) is 4.08. The summed E-state index contributed by atoms with van der Waals surface area (Å²) in [4.78, 5) is 23.9. The van der Waals surface area contributed by atoms with E-state index in [1.54, 1.807) is 21.1 Å². The SMILES string of the molecule is CN(C)C(=O)C1=NN(C)C(=O)CC1. The smallest absolute Gasteiger partial charge is 0.269 e. The molecule has 0 aromatic rings. The van der Waals surface area contributed by atoms with Crippen LogP contribution in [0.15, 0.2) is 5.10 Å². The van der Waals surface area contributed by atoms with Crippen molar-refractivity contribution in [2.75, 3.05) is 21.1 Å². The maximum Gasteiger partial charge on any atom is 0.269 e. The molecule has 0 fully saturated rings. The molecule has 2 amide bonds.